The molecule has 2 rings (SSSR count). The molecule has 0 saturated carbocycles. The molecule has 0 bridgehead atoms. The standard InChI is InChI=1S/C20H27N3O3/c1-14(2)13-26-12-8-11-21-20(25)19(24)18-15(3)22-23(16(18)4)17-9-6-5-7-10-17/h5-7,9-10,14H,8,11-13H2,1-4H3,(H,21,25). The maximum Gasteiger partial charge on any atom is 0.292 e. The van der Waals surface area contributed by atoms with Crippen molar-refractivity contribution < 1.29 is 14.3 Å². The Bertz CT molecular complexity index is 751. The first-order chi connectivity index (χ1) is 12.4. The fourth-order valence-corrected chi connectivity index (χ4v) is 2.68. The van der Waals surface area contributed by atoms with Crippen LogP contribution in [-0.2, 0) is 9.53 Å². The second kappa shape index (κ2) is 9.29. The van der Waals surface area contributed by atoms with Crippen LogP contribution in [0.5, 0.6) is 0 Å². The zero-order valence-corrected chi connectivity index (χ0v) is 15.9. The molecule has 0 saturated heterocycles. The van der Waals surface area contributed by atoms with Crippen LogP contribution in [0.15, 0.2) is 30.3 Å². The van der Waals surface area contributed by atoms with Crippen LogP contribution in [0, 0.1) is 19.8 Å². The highest BCUT2D eigenvalue weighted by Crippen LogP contribution is 2.18. The molecule has 0 aliphatic heterocycles. The van der Waals surface area contributed by atoms with Gasteiger partial charge in [0, 0.05) is 19.8 Å². The van der Waals surface area contributed by atoms with E-state index in [0.717, 1.165) is 5.69 Å². The summed E-state index contributed by atoms with van der Waals surface area (Å²) in [7, 11) is 0. The van der Waals surface area contributed by atoms with Crippen molar-refractivity contribution in [3.63, 3.8) is 0 Å². The summed E-state index contributed by atoms with van der Waals surface area (Å²) in [5, 5.41) is 7.08. The van der Waals surface area contributed by atoms with Gasteiger partial charge in [0.2, 0.25) is 0 Å². The molecular weight excluding hydrogens is 330 g/mol. The average Bonchev–Trinajstić information content (AvgIpc) is 2.92. The summed E-state index contributed by atoms with van der Waals surface area (Å²) in [6, 6.07) is 9.54. The third kappa shape index (κ3) is 5.02. The SMILES string of the molecule is Cc1nn(-c2ccccc2)c(C)c1C(=O)C(=O)NCCCOCC(C)C. The van der Waals surface area contributed by atoms with E-state index < -0.39 is 11.7 Å². The first-order valence-corrected chi connectivity index (χ1v) is 8.93. The lowest BCUT2D eigenvalue weighted by molar-refractivity contribution is -0.117. The number of aromatic nitrogens is 2. The van der Waals surface area contributed by atoms with Crippen LogP contribution in [0.3, 0.4) is 0 Å². The molecular formula is C20H27N3O3. The van der Waals surface area contributed by atoms with E-state index in [-0.39, 0.29) is 0 Å². The summed E-state index contributed by atoms with van der Waals surface area (Å²) < 4.78 is 7.15. The summed E-state index contributed by atoms with van der Waals surface area (Å²) in [5.41, 5.74) is 2.43. The minimum absolute atomic E-state index is 0.363. The zero-order chi connectivity index (χ0) is 19.1. The predicted molar refractivity (Wildman–Crippen MR) is 101 cm³/mol. The van der Waals surface area contributed by atoms with Gasteiger partial charge >= 0.3 is 0 Å². The molecule has 6 nitrogen and oxygen atoms in total. The number of carbonyl (C=O) groups excluding carboxylic acids is 2. The lowest BCUT2D eigenvalue weighted by Crippen LogP contribution is -2.32. The van der Waals surface area contributed by atoms with E-state index in [2.05, 4.69) is 24.3 Å². The lowest BCUT2D eigenvalue weighted by Gasteiger charge is -2.08. The number of aryl methyl sites for hydroxylation is 1. The molecule has 2 aromatic rings. The van der Waals surface area contributed by atoms with Gasteiger partial charge in [0.25, 0.3) is 11.7 Å². The number of ether oxygens (including phenoxy) is 1. The van der Waals surface area contributed by atoms with Crippen LogP contribution in [0.4, 0.5) is 0 Å². The number of Topliss-reactive ketones (excluding diaryl/α,β-unsaturated/α-hetero) is 1. The summed E-state index contributed by atoms with van der Waals surface area (Å²) >= 11 is 0. The van der Waals surface area contributed by atoms with Gasteiger partial charge in [-0.1, -0.05) is 32.0 Å². The number of ketones is 1. The van der Waals surface area contributed by atoms with Crippen LogP contribution >= 0.6 is 0 Å². The molecule has 140 valence electrons. The Kier molecular flexibility index (Phi) is 7.09. The van der Waals surface area contributed by atoms with Crippen molar-refractivity contribution in [3.8, 4) is 5.69 Å². The van der Waals surface area contributed by atoms with Crippen molar-refractivity contribution in [1.82, 2.24) is 15.1 Å². The van der Waals surface area contributed by atoms with Gasteiger partial charge in [-0.15, -0.1) is 0 Å². The maximum absolute atomic E-state index is 12.5. The van der Waals surface area contributed by atoms with E-state index in [0.29, 0.717) is 49.0 Å². The summed E-state index contributed by atoms with van der Waals surface area (Å²) in [4.78, 5) is 24.7. The monoisotopic (exact) mass is 357 g/mol. The topological polar surface area (TPSA) is 73.2 Å². The molecule has 26 heavy (non-hydrogen) atoms. The third-order valence-electron chi connectivity index (χ3n) is 3.93. The summed E-state index contributed by atoms with van der Waals surface area (Å²) in [6.45, 7) is 9.38. The molecule has 0 aliphatic rings. The number of nitrogens with zero attached hydrogens (tertiary/aromatic N) is 2. The van der Waals surface area contributed by atoms with Crippen LogP contribution < -0.4 is 5.32 Å². The van der Waals surface area contributed by atoms with E-state index in [1.54, 1.807) is 18.5 Å². The van der Waals surface area contributed by atoms with Crippen LogP contribution in [-0.4, -0.2) is 41.2 Å². The highest BCUT2D eigenvalue weighted by molar-refractivity contribution is 6.43. The number of benzene rings is 1. The minimum Gasteiger partial charge on any atom is -0.381 e. The van der Waals surface area contributed by atoms with Crippen LogP contribution in [0.2, 0.25) is 0 Å². The number of carbonyl (C=O) groups is 2. The molecule has 0 radical (unpaired) electrons. The average molecular weight is 357 g/mol. The van der Waals surface area contributed by atoms with Gasteiger partial charge < -0.3 is 10.1 Å². The molecule has 0 atom stereocenters. The Hall–Kier alpha value is -2.47. The van der Waals surface area contributed by atoms with Crippen LogP contribution in [0.25, 0.3) is 5.69 Å². The number of rotatable bonds is 9. The quantitative estimate of drug-likeness (QED) is 0.425. The number of hydrogen-bond acceptors (Lipinski definition) is 4. The van der Waals surface area contributed by atoms with Gasteiger partial charge in [-0.25, -0.2) is 4.68 Å². The molecule has 6 heteroatoms. The molecule has 1 aromatic heterocycles. The smallest absolute Gasteiger partial charge is 0.292 e. The molecule has 0 fully saturated rings. The van der Waals surface area contributed by atoms with Crippen molar-refractivity contribution in [2.45, 2.75) is 34.1 Å². The van der Waals surface area contributed by atoms with E-state index >= 15 is 0 Å². The van der Waals surface area contributed by atoms with E-state index in [9.17, 15) is 9.59 Å². The van der Waals surface area contributed by atoms with Crippen molar-refractivity contribution in [2.24, 2.45) is 5.92 Å². The van der Waals surface area contributed by atoms with Gasteiger partial charge in [0.15, 0.2) is 0 Å². The molecule has 1 heterocycles. The Morgan fingerprint density at radius 1 is 1.19 bits per heavy atom. The number of hydrogen-bond donors (Lipinski definition) is 1. The van der Waals surface area contributed by atoms with E-state index in [1.165, 1.54) is 0 Å². The minimum atomic E-state index is -0.604. The molecule has 1 amide bonds. The fourth-order valence-electron chi connectivity index (χ4n) is 2.68. The van der Waals surface area contributed by atoms with Gasteiger partial charge in [0.1, 0.15) is 0 Å². The Morgan fingerprint density at radius 2 is 1.88 bits per heavy atom. The maximum atomic E-state index is 12.5. The molecule has 0 unspecified atom stereocenters. The van der Waals surface area contributed by atoms with Crippen molar-refractivity contribution in [1.29, 1.82) is 0 Å². The number of nitrogens with one attached hydrogen (secondary N) is 1. The van der Waals surface area contributed by atoms with Gasteiger partial charge in [-0.2, -0.15) is 5.10 Å². The molecule has 0 aliphatic carbocycles. The lowest BCUT2D eigenvalue weighted by atomic mass is 10.1. The summed E-state index contributed by atoms with van der Waals surface area (Å²) in [6.07, 6.45) is 0.674. The second-order valence-electron chi connectivity index (χ2n) is 6.70. The number of para-hydroxylation sites is 1. The molecule has 1 aromatic carbocycles. The predicted octanol–water partition coefficient (Wildman–Crippen LogP) is 2.85. The Morgan fingerprint density at radius 3 is 2.54 bits per heavy atom. The largest absolute Gasteiger partial charge is 0.381 e. The molecule has 1 N–H and O–H groups in total. The Balaban J connectivity index is 1.97. The van der Waals surface area contributed by atoms with Crippen molar-refractivity contribution in [2.75, 3.05) is 19.8 Å². The first kappa shape index (κ1) is 19.8. The normalized spacial score (nSPS) is 11.0. The van der Waals surface area contributed by atoms with Gasteiger partial charge in [0.05, 0.1) is 22.6 Å². The van der Waals surface area contributed by atoms with E-state index in [1.807, 2.05) is 30.3 Å². The summed E-state index contributed by atoms with van der Waals surface area (Å²) in [5.74, 6) is -0.670. The van der Waals surface area contributed by atoms with Gasteiger partial charge in [-0.3, -0.25) is 9.59 Å². The number of amides is 1. The zero-order valence-electron chi connectivity index (χ0n) is 15.9. The highest BCUT2D eigenvalue weighted by atomic mass is 16.5. The second-order valence-corrected chi connectivity index (χ2v) is 6.70. The fraction of sp³-hybridized carbons (Fsp3) is 0.450. The third-order valence-corrected chi connectivity index (χ3v) is 3.93. The van der Waals surface area contributed by atoms with Crippen molar-refractivity contribution in [3.05, 3.63) is 47.3 Å². The van der Waals surface area contributed by atoms with Crippen LogP contribution in [0.1, 0.15) is 42.0 Å². The van der Waals surface area contributed by atoms with E-state index in [4.69, 9.17) is 4.74 Å². The molecule has 0 spiro atoms. The first-order valence-electron chi connectivity index (χ1n) is 8.93. The Labute approximate surface area is 154 Å². The van der Waals surface area contributed by atoms with Crippen molar-refractivity contribution >= 4 is 11.7 Å². The highest BCUT2D eigenvalue weighted by Gasteiger charge is 2.24. The van der Waals surface area contributed by atoms with Gasteiger partial charge in [-0.05, 0) is 38.3 Å².